The molecule has 0 unspecified atom stereocenters. The van der Waals surface area contributed by atoms with Gasteiger partial charge in [-0.2, -0.15) is 0 Å². The van der Waals surface area contributed by atoms with Gasteiger partial charge in [0.15, 0.2) is 12.2 Å². The van der Waals surface area contributed by atoms with Crippen molar-refractivity contribution in [2.45, 2.75) is 152 Å². The van der Waals surface area contributed by atoms with Crippen LogP contribution in [-0.2, 0) is 66.2 Å². The molecular weight excluding hydrogens is 1120 g/mol. The van der Waals surface area contributed by atoms with Crippen molar-refractivity contribution in [3.05, 3.63) is 53.9 Å². The SMILES string of the molecule is CO[C@@H](CNC(=O)[C@H](NC(=O)[C@H](O)[C@H](C)O)[C@H](O)c1cncn1C)[C@H](O)[C@H](O)C(=O)N(C)[C@@H](Cc1ccc(F)cc1)C(=O)NCC(=O)N[C@H](C(=O)N[C@@H](CO)C(=O)N[C@H](C(=O)N[C@H](C(=O)N[C@@H](CO)C(=O)O)C(C)(C)C)C(C)(C)O)C(C)(C)O. The minimum Gasteiger partial charge on any atom is -0.480 e. The van der Waals surface area contributed by atoms with E-state index in [9.17, 15) is 103 Å². The topological polar surface area (TPSA) is 500 Å². The number of hydrogen-bond donors (Lipinski definition) is 18. The van der Waals surface area contributed by atoms with Crippen LogP contribution >= 0.6 is 0 Å². The van der Waals surface area contributed by atoms with Crippen LogP contribution in [0.15, 0.2) is 36.8 Å². The van der Waals surface area contributed by atoms with Gasteiger partial charge in [-0.3, -0.25) is 43.2 Å². The van der Waals surface area contributed by atoms with E-state index in [0.29, 0.717) is 4.90 Å². The number of imidazole rings is 1. The Balaban J connectivity index is 2.32. The number of carbonyl (C=O) groups excluding carboxylic acids is 9. The molecular formula is C51H80FN11O21. The summed E-state index contributed by atoms with van der Waals surface area (Å²) in [5, 5.41) is 122. The molecule has 0 saturated carbocycles. The molecule has 472 valence electrons. The van der Waals surface area contributed by atoms with Crippen molar-refractivity contribution >= 4 is 59.1 Å². The Morgan fingerprint density at radius 3 is 1.67 bits per heavy atom. The lowest BCUT2D eigenvalue weighted by Gasteiger charge is -2.35. The number of aryl methyl sites for hydroxylation is 1. The fourth-order valence-electron chi connectivity index (χ4n) is 7.84. The summed E-state index contributed by atoms with van der Waals surface area (Å²) in [7, 11) is 3.49. The molecule has 84 heavy (non-hydrogen) atoms. The van der Waals surface area contributed by atoms with Crippen LogP contribution in [0.2, 0.25) is 0 Å². The molecule has 1 heterocycles. The zero-order valence-electron chi connectivity index (χ0n) is 48.2. The average Bonchev–Trinajstić information content (AvgIpc) is 3.88. The number of aliphatic hydroxyl groups excluding tert-OH is 7. The molecule has 0 fully saturated rings. The molecule has 2 rings (SSSR count). The summed E-state index contributed by atoms with van der Waals surface area (Å²) >= 11 is 0. The molecule has 13 atom stereocenters. The highest BCUT2D eigenvalue weighted by atomic mass is 19.1. The minimum absolute atomic E-state index is 0.0122. The van der Waals surface area contributed by atoms with Crippen LogP contribution in [0, 0.1) is 11.2 Å². The number of ether oxygens (including phenoxy) is 1. The van der Waals surface area contributed by atoms with E-state index in [-0.39, 0.29) is 11.3 Å². The Morgan fingerprint density at radius 1 is 0.679 bits per heavy atom. The molecule has 0 spiro atoms. The Bertz CT molecular complexity index is 2610. The molecule has 9 amide bonds. The number of carboxylic acid groups (broad SMARTS) is 1. The second kappa shape index (κ2) is 31.5. The first-order chi connectivity index (χ1) is 38.7. The first-order valence-electron chi connectivity index (χ1n) is 25.9. The lowest BCUT2D eigenvalue weighted by molar-refractivity contribution is -0.156. The fraction of sp³-hybridized carbons (Fsp3) is 0.627. The van der Waals surface area contributed by atoms with Crippen molar-refractivity contribution < 1.29 is 108 Å². The van der Waals surface area contributed by atoms with Crippen LogP contribution in [0.5, 0.6) is 0 Å². The highest BCUT2D eigenvalue weighted by molar-refractivity contribution is 5.98. The largest absolute Gasteiger partial charge is 0.480 e. The highest BCUT2D eigenvalue weighted by Gasteiger charge is 2.44. The monoisotopic (exact) mass is 1200 g/mol. The number of benzene rings is 1. The van der Waals surface area contributed by atoms with Crippen LogP contribution < -0.4 is 42.5 Å². The molecule has 18 N–H and O–H groups in total. The maximum absolute atomic E-state index is 14.0. The predicted octanol–water partition coefficient (Wildman–Crippen LogP) is -8.06. The van der Waals surface area contributed by atoms with E-state index in [0.717, 1.165) is 60.9 Å². The van der Waals surface area contributed by atoms with Gasteiger partial charge in [0.25, 0.3) is 11.8 Å². The number of nitrogens with zero attached hydrogens (tertiary/aromatic N) is 3. The molecule has 32 nitrogen and oxygen atoms in total. The molecule has 0 aliphatic carbocycles. The molecule has 33 heteroatoms. The number of halogens is 1. The summed E-state index contributed by atoms with van der Waals surface area (Å²) in [6.45, 7) is 5.87. The van der Waals surface area contributed by atoms with Gasteiger partial charge in [0.2, 0.25) is 41.4 Å². The number of amides is 9. The number of likely N-dealkylation sites (N-methyl/N-ethyl adjacent to an activating group) is 1. The maximum Gasteiger partial charge on any atom is 0.328 e. The number of carboxylic acids is 1. The van der Waals surface area contributed by atoms with Gasteiger partial charge in [0.05, 0.1) is 55.3 Å². The Labute approximate surface area is 481 Å². The predicted molar refractivity (Wildman–Crippen MR) is 287 cm³/mol. The van der Waals surface area contributed by atoms with Gasteiger partial charge in [-0.05, 0) is 57.7 Å². The van der Waals surface area contributed by atoms with Gasteiger partial charge in [0.1, 0.15) is 66.4 Å². The van der Waals surface area contributed by atoms with Crippen molar-refractivity contribution in [3.8, 4) is 0 Å². The third-order valence-corrected chi connectivity index (χ3v) is 13.0. The van der Waals surface area contributed by atoms with Crippen LogP contribution in [0.1, 0.15) is 72.8 Å². The molecule has 0 saturated heterocycles. The van der Waals surface area contributed by atoms with Crippen molar-refractivity contribution in [2.24, 2.45) is 12.5 Å². The summed E-state index contributed by atoms with van der Waals surface area (Å²) in [5.41, 5.74) is -5.24. The van der Waals surface area contributed by atoms with Gasteiger partial charge < -0.3 is 108 Å². The Hall–Kier alpha value is -7.34. The smallest absolute Gasteiger partial charge is 0.328 e. The molecule has 2 aromatic rings. The normalized spacial score (nSPS) is 16.6. The summed E-state index contributed by atoms with van der Waals surface area (Å²) in [4.78, 5) is 138. The van der Waals surface area contributed by atoms with E-state index in [1.54, 1.807) is 0 Å². The van der Waals surface area contributed by atoms with E-state index in [1.165, 1.54) is 57.0 Å². The van der Waals surface area contributed by atoms with E-state index in [2.05, 4.69) is 47.5 Å². The number of carbonyl (C=O) groups is 10. The van der Waals surface area contributed by atoms with Crippen LogP contribution in [0.4, 0.5) is 4.39 Å². The van der Waals surface area contributed by atoms with Gasteiger partial charge in [-0.15, -0.1) is 0 Å². The second-order valence-corrected chi connectivity index (χ2v) is 21.9. The summed E-state index contributed by atoms with van der Waals surface area (Å²) in [6.07, 6.45) is -9.74. The molecule has 0 aliphatic rings. The molecule has 0 bridgehead atoms. The van der Waals surface area contributed by atoms with Crippen molar-refractivity contribution in [1.29, 1.82) is 0 Å². The van der Waals surface area contributed by atoms with E-state index < -0.39 is 193 Å². The minimum atomic E-state index is -2.44. The zero-order valence-corrected chi connectivity index (χ0v) is 48.2. The van der Waals surface area contributed by atoms with Crippen molar-refractivity contribution in [1.82, 2.24) is 57.0 Å². The number of rotatable bonds is 32. The number of aliphatic hydroxyl groups is 9. The van der Waals surface area contributed by atoms with E-state index in [1.807, 2.05) is 0 Å². The number of nitrogens with one attached hydrogen (secondary N) is 8. The Morgan fingerprint density at radius 2 is 1.19 bits per heavy atom. The third-order valence-electron chi connectivity index (χ3n) is 13.0. The van der Waals surface area contributed by atoms with E-state index in [4.69, 9.17) is 4.74 Å². The number of aliphatic carboxylic acids is 1. The molecule has 1 aromatic heterocycles. The number of hydrogen-bond acceptors (Lipinski definition) is 21. The van der Waals surface area contributed by atoms with Gasteiger partial charge in [-0.25, -0.2) is 14.2 Å². The third kappa shape index (κ3) is 21.1. The van der Waals surface area contributed by atoms with E-state index >= 15 is 0 Å². The highest BCUT2D eigenvalue weighted by Crippen LogP contribution is 2.22. The standard InChI is InChI=1S/C51H80FN11O21/c1-23(66)33(68)43(75)59-32(34(69)29-17-53-22-62(29)9)42(74)54-18-30(84-11)35(70)36(71)47(79)63(10)28(16-24-12-14-25(52)15-13-24)41(73)55-19-31(67)58-38(50(5,6)82)45(77)56-26(20-64)40(72)61-39(51(7,8)83)46(78)60-37(49(2,3)4)44(76)57-27(21-65)48(80)81/h12-15,17,22-23,26-28,30,32-39,64-66,68-71,82-83H,16,18-21H2,1-11H3,(H,54,74)(H,55,73)(H,56,77)(H,57,76)(H,58,67)(H,59,75)(H,60,78)(H,61,72)(H,80,81)/t23-,26-,27-,28-,30-,32+,33+,34+,35-,36-,37+,38+,39+/m0/s1. The fourth-order valence-corrected chi connectivity index (χ4v) is 7.84. The lowest BCUT2D eigenvalue weighted by Crippen LogP contribution is -2.66. The zero-order chi connectivity index (χ0) is 64.5. The summed E-state index contributed by atoms with van der Waals surface area (Å²) in [6, 6.07) is -8.24. The van der Waals surface area contributed by atoms with Crippen LogP contribution in [0.25, 0.3) is 0 Å². The molecule has 1 aromatic carbocycles. The second-order valence-electron chi connectivity index (χ2n) is 21.9. The van der Waals surface area contributed by atoms with Crippen LogP contribution in [-0.4, -0.2) is 249 Å². The molecule has 0 radical (unpaired) electrons. The lowest BCUT2D eigenvalue weighted by atomic mass is 9.85. The molecule has 0 aliphatic heterocycles. The summed E-state index contributed by atoms with van der Waals surface area (Å²) in [5.74, 6) is -13.3. The maximum atomic E-state index is 14.0. The number of aromatic nitrogens is 2. The van der Waals surface area contributed by atoms with Gasteiger partial charge >= 0.3 is 5.97 Å². The Kier molecular flexibility index (Phi) is 27.3. The van der Waals surface area contributed by atoms with Gasteiger partial charge in [-0.1, -0.05) is 32.9 Å². The first-order valence-corrected chi connectivity index (χ1v) is 25.9. The summed E-state index contributed by atoms with van der Waals surface area (Å²) < 4.78 is 20.5. The quantitative estimate of drug-likeness (QED) is 0.0323. The first kappa shape index (κ1) is 72.8. The average molecular weight is 1200 g/mol. The number of methoxy groups -OCH3 is 1. The van der Waals surface area contributed by atoms with Gasteiger partial charge in [0, 0.05) is 34.2 Å². The van der Waals surface area contributed by atoms with Crippen molar-refractivity contribution in [2.75, 3.05) is 40.5 Å². The van der Waals surface area contributed by atoms with Crippen molar-refractivity contribution in [3.63, 3.8) is 0 Å². The van der Waals surface area contributed by atoms with Crippen LogP contribution in [0.3, 0.4) is 0 Å².